The molecule has 1 N–H and O–H groups in total. The van der Waals surface area contributed by atoms with Crippen LogP contribution in [0.4, 0.5) is 13.2 Å². The lowest BCUT2D eigenvalue weighted by molar-refractivity contribution is -0.166. The Kier molecular flexibility index (Phi) is 2.70. The standard InChI is InChI=1S/C12H14F3N/c1-9-2-4-10(5-3-9)8-16-11(6-7-11)12(13,14)15/h2-5,16H,6-8H2,1H3. The van der Waals surface area contributed by atoms with E-state index >= 15 is 0 Å². The summed E-state index contributed by atoms with van der Waals surface area (Å²) in [4.78, 5) is 0. The van der Waals surface area contributed by atoms with Crippen molar-refractivity contribution in [1.82, 2.24) is 5.32 Å². The van der Waals surface area contributed by atoms with Crippen LogP contribution in [0.3, 0.4) is 0 Å². The number of aryl methyl sites for hydroxylation is 1. The highest BCUT2D eigenvalue weighted by Gasteiger charge is 2.62. The van der Waals surface area contributed by atoms with Crippen LogP contribution in [0.25, 0.3) is 0 Å². The van der Waals surface area contributed by atoms with Crippen molar-refractivity contribution in [2.75, 3.05) is 0 Å². The van der Waals surface area contributed by atoms with Gasteiger partial charge in [0.25, 0.3) is 0 Å². The van der Waals surface area contributed by atoms with E-state index in [9.17, 15) is 13.2 Å². The quantitative estimate of drug-likeness (QED) is 0.839. The van der Waals surface area contributed by atoms with E-state index in [0.717, 1.165) is 11.1 Å². The zero-order valence-corrected chi connectivity index (χ0v) is 9.06. The highest BCUT2D eigenvalue weighted by Crippen LogP contribution is 2.49. The van der Waals surface area contributed by atoms with Gasteiger partial charge in [-0.05, 0) is 25.3 Å². The van der Waals surface area contributed by atoms with Crippen LogP contribution in [-0.4, -0.2) is 11.7 Å². The van der Waals surface area contributed by atoms with E-state index in [1.165, 1.54) is 0 Å². The Hall–Kier alpha value is -1.03. The molecule has 1 aromatic carbocycles. The molecular weight excluding hydrogens is 215 g/mol. The van der Waals surface area contributed by atoms with Gasteiger partial charge in [0.15, 0.2) is 0 Å². The molecule has 0 radical (unpaired) electrons. The zero-order valence-electron chi connectivity index (χ0n) is 9.06. The second kappa shape index (κ2) is 3.77. The zero-order chi connectivity index (χ0) is 11.8. The van der Waals surface area contributed by atoms with E-state index in [1.807, 2.05) is 31.2 Å². The first-order valence-electron chi connectivity index (χ1n) is 5.30. The van der Waals surface area contributed by atoms with Gasteiger partial charge in [0.1, 0.15) is 5.54 Å². The highest BCUT2D eigenvalue weighted by atomic mass is 19.4. The van der Waals surface area contributed by atoms with Crippen molar-refractivity contribution < 1.29 is 13.2 Å². The Labute approximate surface area is 92.7 Å². The number of hydrogen-bond donors (Lipinski definition) is 1. The van der Waals surface area contributed by atoms with E-state index in [1.54, 1.807) is 0 Å². The molecule has 1 aromatic rings. The van der Waals surface area contributed by atoms with Gasteiger partial charge in [-0.1, -0.05) is 29.8 Å². The lowest BCUT2D eigenvalue weighted by Crippen LogP contribution is -2.44. The average molecular weight is 229 g/mol. The van der Waals surface area contributed by atoms with Gasteiger partial charge in [0.05, 0.1) is 0 Å². The second-order valence-corrected chi connectivity index (χ2v) is 4.42. The summed E-state index contributed by atoms with van der Waals surface area (Å²) in [6.45, 7) is 2.23. The van der Waals surface area contributed by atoms with Crippen molar-refractivity contribution in [1.29, 1.82) is 0 Å². The maximum Gasteiger partial charge on any atom is 0.406 e. The summed E-state index contributed by atoms with van der Waals surface area (Å²) in [6, 6.07) is 7.53. The molecule has 0 aromatic heterocycles. The van der Waals surface area contributed by atoms with Crippen LogP contribution in [0, 0.1) is 6.92 Å². The van der Waals surface area contributed by atoms with Gasteiger partial charge in [-0.25, -0.2) is 0 Å². The Morgan fingerprint density at radius 2 is 1.75 bits per heavy atom. The number of rotatable bonds is 3. The number of hydrogen-bond acceptors (Lipinski definition) is 1. The molecule has 0 spiro atoms. The van der Waals surface area contributed by atoms with Gasteiger partial charge in [0, 0.05) is 6.54 Å². The average Bonchev–Trinajstić information content (AvgIpc) is 2.97. The van der Waals surface area contributed by atoms with Gasteiger partial charge in [-0.2, -0.15) is 13.2 Å². The number of nitrogens with one attached hydrogen (secondary N) is 1. The van der Waals surface area contributed by atoms with Gasteiger partial charge in [-0.15, -0.1) is 0 Å². The van der Waals surface area contributed by atoms with Gasteiger partial charge < -0.3 is 0 Å². The van der Waals surface area contributed by atoms with Crippen molar-refractivity contribution >= 4 is 0 Å². The highest BCUT2D eigenvalue weighted by molar-refractivity contribution is 5.22. The molecule has 1 aliphatic rings. The first kappa shape index (κ1) is 11.5. The molecule has 0 heterocycles. The molecule has 88 valence electrons. The first-order valence-corrected chi connectivity index (χ1v) is 5.30. The predicted molar refractivity (Wildman–Crippen MR) is 56.0 cm³/mol. The van der Waals surface area contributed by atoms with Crippen LogP contribution >= 0.6 is 0 Å². The molecule has 2 rings (SSSR count). The molecule has 4 heteroatoms. The fourth-order valence-corrected chi connectivity index (χ4v) is 1.66. The number of halogens is 3. The van der Waals surface area contributed by atoms with Crippen LogP contribution in [0.5, 0.6) is 0 Å². The lowest BCUT2D eigenvalue weighted by atomic mass is 10.1. The normalized spacial score (nSPS) is 18.5. The minimum absolute atomic E-state index is 0.197. The third-order valence-corrected chi connectivity index (χ3v) is 3.04. The molecule has 0 aliphatic heterocycles. The van der Waals surface area contributed by atoms with Crippen LogP contribution in [0.1, 0.15) is 24.0 Å². The van der Waals surface area contributed by atoms with E-state index in [4.69, 9.17) is 0 Å². The Bertz CT molecular complexity index is 363. The molecule has 1 saturated carbocycles. The smallest absolute Gasteiger partial charge is 0.299 e. The molecule has 0 saturated heterocycles. The summed E-state index contributed by atoms with van der Waals surface area (Å²) < 4.78 is 37.8. The molecule has 0 amide bonds. The molecule has 16 heavy (non-hydrogen) atoms. The maximum absolute atomic E-state index is 12.6. The fourth-order valence-electron chi connectivity index (χ4n) is 1.66. The topological polar surface area (TPSA) is 12.0 Å². The van der Waals surface area contributed by atoms with E-state index < -0.39 is 11.7 Å². The molecule has 1 aliphatic carbocycles. The molecule has 0 bridgehead atoms. The third-order valence-electron chi connectivity index (χ3n) is 3.04. The molecule has 0 atom stereocenters. The predicted octanol–water partition coefficient (Wildman–Crippen LogP) is 3.18. The van der Waals surface area contributed by atoms with Gasteiger partial charge in [0.2, 0.25) is 0 Å². The van der Waals surface area contributed by atoms with Crippen LogP contribution in [0.15, 0.2) is 24.3 Å². The van der Waals surface area contributed by atoms with E-state index in [0.29, 0.717) is 0 Å². The van der Waals surface area contributed by atoms with E-state index in [-0.39, 0.29) is 19.4 Å². The lowest BCUT2D eigenvalue weighted by Gasteiger charge is -2.20. The summed E-state index contributed by atoms with van der Waals surface area (Å²) in [5.74, 6) is 0. The van der Waals surface area contributed by atoms with Crippen molar-refractivity contribution in [2.45, 2.75) is 38.0 Å². The third kappa shape index (κ3) is 2.21. The van der Waals surface area contributed by atoms with E-state index in [2.05, 4.69) is 5.32 Å². The van der Waals surface area contributed by atoms with Crippen molar-refractivity contribution in [2.24, 2.45) is 0 Å². The van der Waals surface area contributed by atoms with Crippen molar-refractivity contribution in [3.8, 4) is 0 Å². The Balaban J connectivity index is 1.96. The minimum Gasteiger partial charge on any atom is -0.299 e. The summed E-state index contributed by atoms with van der Waals surface area (Å²) in [5.41, 5.74) is 0.388. The maximum atomic E-state index is 12.6. The first-order chi connectivity index (χ1) is 7.43. The summed E-state index contributed by atoms with van der Waals surface area (Å²) in [7, 11) is 0. The number of benzene rings is 1. The Morgan fingerprint density at radius 3 is 2.19 bits per heavy atom. The molecule has 0 unspecified atom stereocenters. The minimum atomic E-state index is -4.13. The van der Waals surface area contributed by atoms with Crippen molar-refractivity contribution in [3.63, 3.8) is 0 Å². The SMILES string of the molecule is Cc1ccc(CNC2(C(F)(F)F)CC2)cc1. The van der Waals surface area contributed by atoms with Gasteiger partial charge >= 0.3 is 6.18 Å². The van der Waals surface area contributed by atoms with Crippen LogP contribution < -0.4 is 5.32 Å². The summed E-state index contributed by atoms with van der Waals surface area (Å²) in [5, 5.41) is 2.62. The largest absolute Gasteiger partial charge is 0.406 e. The Morgan fingerprint density at radius 1 is 1.19 bits per heavy atom. The van der Waals surface area contributed by atoms with Crippen LogP contribution in [0.2, 0.25) is 0 Å². The van der Waals surface area contributed by atoms with Crippen molar-refractivity contribution in [3.05, 3.63) is 35.4 Å². The summed E-state index contributed by atoms with van der Waals surface area (Å²) >= 11 is 0. The fraction of sp³-hybridized carbons (Fsp3) is 0.500. The molecule has 1 nitrogen and oxygen atoms in total. The molecule has 1 fully saturated rings. The monoisotopic (exact) mass is 229 g/mol. The second-order valence-electron chi connectivity index (χ2n) is 4.42. The van der Waals surface area contributed by atoms with Crippen LogP contribution in [-0.2, 0) is 6.54 Å². The molecular formula is C12H14F3N. The number of alkyl halides is 3. The van der Waals surface area contributed by atoms with Gasteiger partial charge in [-0.3, -0.25) is 5.32 Å². The summed E-state index contributed by atoms with van der Waals surface area (Å²) in [6.07, 6.45) is -3.73.